The maximum Gasteiger partial charge on any atom is 0.255 e. The number of anilines is 2. The highest BCUT2D eigenvalue weighted by Gasteiger charge is 2.33. The Morgan fingerprint density at radius 3 is 2.48 bits per heavy atom. The molecule has 3 aromatic rings. The number of benzene rings is 3. The number of carbonyl (C=O) groups is 2. The van der Waals surface area contributed by atoms with Gasteiger partial charge in [-0.3, -0.25) is 9.59 Å². The van der Waals surface area contributed by atoms with E-state index < -0.39 is 0 Å². The van der Waals surface area contributed by atoms with Gasteiger partial charge in [0.05, 0.1) is 36.2 Å². The van der Waals surface area contributed by atoms with Crippen LogP contribution in [-0.2, 0) is 16.1 Å². The fourth-order valence-electron chi connectivity index (χ4n) is 4.99. The zero-order valence-corrected chi connectivity index (χ0v) is 22.6. The smallest absolute Gasteiger partial charge is 0.255 e. The molecule has 40 heavy (non-hydrogen) atoms. The van der Waals surface area contributed by atoms with E-state index in [-0.39, 0.29) is 17.7 Å². The molecule has 0 spiro atoms. The van der Waals surface area contributed by atoms with Crippen LogP contribution < -0.4 is 16.0 Å². The summed E-state index contributed by atoms with van der Waals surface area (Å²) in [4.78, 5) is 30.2. The number of hydrogen-bond acceptors (Lipinski definition) is 6. The van der Waals surface area contributed by atoms with Crippen molar-refractivity contribution >= 4 is 23.2 Å². The number of nitrogens with two attached hydrogens (primary N) is 1. The molecule has 5 rings (SSSR count). The third-order valence-electron chi connectivity index (χ3n) is 7.38. The van der Waals surface area contributed by atoms with Crippen LogP contribution in [0.2, 0.25) is 0 Å². The van der Waals surface area contributed by atoms with Gasteiger partial charge in [0.25, 0.3) is 5.91 Å². The largest absolute Gasteiger partial charge is 0.378 e. The van der Waals surface area contributed by atoms with Crippen LogP contribution in [0.5, 0.6) is 0 Å². The van der Waals surface area contributed by atoms with Gasteiger partial charge in [0.2, 0.25) is 5.91 Å². The first-order valence-corrected chi connectivity index (χ1v) is 13.9. The second-order valence-electron chi connectivity index (χ2n) is 10.4. The standard InChI is InChI=1S/C32H35N5O3/c33-13-2-14-37(32(39)26-9-10-26)22-24-3-1-4-27(19-24)28-11-12-30(36-15-17-40-18-16-36)29(20-28)35-31(38)25-7-5-23(21-34)6-8-25/h1,3-8,11-12,19-20,26H,2,9-10,13-18,22,33H2,(H,35,38). The van der Waals surface area contributed by atoms with Crippen LogP contribution in [0.15, 0.2) is 66.7 Å². The van der Waals surface area contributed by atoms with Gasteiger partial charge in [-0.05, 0) is 85.0 Å². The van der Waals surface area contributed by atoms with Crippen molar-refractivity contribution in [2.45, 2.75) is 25.8 Å². The average molecular weight is 538 g/mol. The summed E-state index contributed by atoms with van der Waals surface area (Å²) in [5.74, 6) is 0.150. The van der Waals surface area contributed by atoms with Gasteiger partial charge in [-0.2, -0.15) is 5.26 Å². The monoisotopic (exact) mass is 537 g/mol. The van der Waals surface area contributed by atoms with E-state index in [1.807, 2.05) is 29.2 Å². The van der Waals surface area contributed by atoms with Gasteiger partial charge in [0.15, 0.2) is 0 Å². The van der Waals surface area contributed by atoms with Crippen molar-refractivity contribution in [3.8, 4) is 17.2 Å². The number of nitrogens with zero attached hydrogens (tertiary/aromatic N) is 3. The van der Waals surface area contributed by atoms with Crippen molar-refractivity contribution in [3.05, 3.63) is 83.4 Å². The summed E-state index contributed by atoms with van der Waals surface area (Å²) in [6, 6.07) is 23.0. The molecule has 206 valence electrons. The number of hydrogen-bond donors (Lipinski definition) is 2. The van der Waals surface area contributed by atoms with Crippen molar-refractivity contribution in [3.63, 3.8) is 0 Å². The highest BCUT2D eigenvalue weighted by Crippen LogP contribution is 2.34. The minimum absolute atomic E-state index is 0.163. The SMILES string of the molecule is N#Cc1ccc(C(=O)Nc2cc(-c3cccc(CN(CCCN)C(=O)C4CC4)c3)ccc2N2CCOCC2)cc1. The second kappa shape index (κ2) is 12.8. The van der Waals surface area contributed by atoms with E-state index in [2.05, 4.69) is 34.5 Å². The minimum atomic E-state index is -0.237. The molecule has 1 saturated carbocycles. The molecule has 1 aliphatic carbocycles. The molecule has 0 radical (unpaired) electrons. The summed E-state index contributed by atoms with van der Waals surface area (Å²) >= 11 is 0. The van der Waals surface area contributed by atoms with Crippen LogP contribution in [0.4, 0.5) is 11.4 Å². The quantitative estimate of drug-likeness (QED) is 0.397. The molecule has 0 aromatic heterocycles. The van der Waals surface area contributed by atoms with E-state index in [4.69, 9.17) is 15.7 Å². The van der Waals surface area contributed by atoms with Crippen LogP contribution in [0, 0.1) is 17.2 Å². The lowest BCUT2D eigenvalue weighted by Gasteiger charge is -2.31. The van der Waals surface area contributed by atoms with Crippen molar-refractivity contribution in [2.24, 2.45) is 11.7 Å². The van der Waals surface area contributed by atoms with Crippen LogP contribution in [0.3, 0.4) is 0 Å². The number of rotatable bonds is 10. The molecule has 2 amide bonds. The zero-order chi connectivity index (χ0) is 27.9. The average Bonchev–Trinajstić information content (AvgIpc) is 3.85. The first-order valence-electron chi connectivity index (χ1n) is 13.9. The molecule has 1 saturated heterocycles. The Morgan fingerprint density at radius 2 is 1.77 bits per heavy atom. The Morgan fingerprint density at radius 1 is 1.02 bits per heavy atom. The Kier molecular flexibility index (Phi) is 8.74. The van der Waals surface area contributed by atoms with Gasteiger partial charge < -0.3 is 25.6 Å². The molecule has 2 fully saturated rings. The van der Waals surface area contributed by atoms with E-state index in [0.29, 0.717) is 49.7 Å². The highest BCUT2D eigenvalue weighted by molar-refractivity contribution is 6.06. The molecule has 0 atom stereocenters. The number of carbonyl (C=O) groups excluding carboxylic acids is 2. The van der Waals surface area contributed by atoms with Gasteiger partial charge in [-0.25, -0.2) is 0 Å². The summed E-state index contributed by atoms with van der Waals surface area (Å²) in [5, 5.41) is 12.2. The first kappa shape index (κ1) is 27.4. The molecule has 0 bridgehead atoms. The summed E-state index contributed by atoms with van der Waals surface area (Å²) in [7, 11) is 0. The fraction of sp³-hybridized carbons (Fsp3) is 0.344. The third kappa shape index (κ3) is 6.68. The van der Waals surface area contributed by atoms with E-state index >= 15 is 0 Å². The summed E-state index contributed by atoms with van der Waals surface area (Å²) < 4.78 is 5.54. The number of ether oxygens (including phenoxy) is 1. The number of nitriles is 1. The van der Waals surface area contributed by atoms with E-state index in [1.165, 1.54) is 0 Å². The molecule has 8 nitrogen and oxygen atoms in total. The Balaban J connectivity index is 1.41. The maximum atomic E-state index is 13.2. The van der Waals surface area contributed by atoms with E-state index in [1.54, 1.807) is 24.3 Å². The molecule has 2 aliphatic rings. The van der Waals surface area contributed by atoms with E-state index in [9.17, 15) is 9.59 Å². The van der Waals surface area contributed by atoms with Crippen LogP contribution >= 0.6 is 0 Å². The lowest BCUT2D eigenvalue weighted by atomic mass is 10.0. The lowest BCUT2D eigenvalue weighted by molar-refractivity contribution is -0.133. The van der Waals surface area contributed by atoms with Gasteiger partial charge in [0.1, 0.15) is 0 Å². The summed E-state index contributed by atoms with van der Waals surface area (Å²) in [5.41, 5.74) is 11.4. The van der Waals surface area contributed by atoms with Gasteiger partial charge in [-0.1, -0.05) is 24.3 Å². The molecule has 3 aromatic carbocycles. The first-order chi connectivity index (χ1) is 19.6. The normalized spacial score (nSPS) is 14.8. The van der Waals surface area contributed by atoms with Crippen molar-refractivity contribution in [1.29, 1.82) is 5.26 Å². The predicted octanol–water partition coefficient (Wildman–Crippen LogP) is 4.40. The summed E-state index contributed by atoms with van der Waals surface area (Å²) in [6.07, 6.45) is 2.73. The molecule has 1 heterocycles. The van der Waals surface area contributed by atoms with Crippen LogP contribution in [-0.4, -0.2) is 56.1 Å². The number of morpholine rings is 1. The number of nitrogens with one attached hydrogen (secondary N) is 1. The third-order valence-corrected chi connectivity index (χ3v) is 7.38. The maximum absolute atomic E-state index is 13.2. The molecular weight excluding hydrogens is 502 g/mol. The van der Waals surface area contributed by atoms with Gasteiger partial charge in [0, 0.05) is 37.7 Å². The molecule has 0 unspecified atom stereocenters. The van der Waals surface area contributed by atoms with Crippen molar-refractivity contribution < 1.29 is 14.3 Å². The molecular formula is C32H35N5O3. The lowest BCUT2D eigenvalue weighted by Crippen LogP contribution is -2.36. The highest BCUT2D eigenvalue weighted by atomic mass is 16.5. The van der Waals surface area contributed by atoms with Crippen molar-refractivity contribution in [2.75, 3.05) is 49.6 Å². The summed E-state index contributed by atoms with van der Waals surface area (Å²) in [6.45, 7) is 4.51. The zero-order valence-electron chi connectivity index (χ0n) is 22.6. The Hall–Kier alpha value is -4.19. The predicted molar refractivity (Wildman–Crippen MR) is 156 cm³/mol. The van der Waals surface area contributed by atoms with Crippen LogP contribution in [0.1, 0.15) is 40.7 Å². The minimum Gasteiger partial charge on any atom is -0.378 e. The van der Waals surface area contributed by atoms with Gasteiger partial charge >= 0.3 is 0 Å². The molecule has 1 aliphatic heterocycles. The Labute approximate surface area is 235 Å². The second-order valence-corrected chi connectivity index (χ2v) is 10.4. The van der Waals surface area contributed by atoms with Gasteiger partial charge in [-0.15, -0.1) is 0 Å². The number of amides is 2. The fourth-order valence-corrected chi connectivity index (χ4v) is 4.99. The van der Waals surface area contributed by atoms with Crippen LogP contribution in [0.25, 0.3) is 11.1 Å². The molecule has 3 N–H and O–H groups in total. The van der Waals surface area contributed by atoms with E-state index in [0.717, 1.165) is 54.7 Å². The Bertz CT molecular complexity index is 1390. The van der Waals surface area contributed by atoms with Crippen molar-refractivity contribution in [1.82, 2.24) is 4.90 Å². The molecule has 8 heteroatoms. The topological polar surface area (TPSA) is 112 Å².